The fourth-order valence-corrected chi connectivity index (χ4v) is 3.82. The summed E-state index contributed by atoms with van der Waals surface area (Å²) in [6.45, 7) is 8.57. The molecule has 0 spiro atoms. The smallest absolute Gasteiger partial charge is 0.165 e. The minimum Gasteiger partial charge on any atom is -0.356 e. The van der Waals surface area contributed by atoms with Crippen molar-refractivity contribution in [3.8, 4) is 11.3 Å². The van der Waals surface area contributed by atoms with Crippen LogP contribution in [0.15, 0.2) is 30.6 Å². The Morgan fingerprint density at radius 1 is 1.08 bits per heavy atom. The van der Waals surface area contributed by atoms with Crippen LogP contribution < -0.4 is 4.90 Å². The van der Waals surface area contributed by atoms with Crippen LogP contribution in [0.2, 0.25) is 10.0 Å². The number of anilines is 1. The molecular formula is C20H24Cl2N4. The molecule has 2 heterocycles. The fraction of sp³-hybridized carbons (Fsp3) is 0.400. The van der Waals surface area contributed by atoms with Crippen molar-refractivity contribution in [3.63, 3.8) is 0 Å². The van der Waals surface area contributed by atoms with Crippen molar-refractivity contribution >= 4 is 34.7 Å². The summed E-state index contributed by atoms with van der Waals surface area (Å²) in [7, 11) is 0. The molecule has 6 heteroatoms. The van der Waals surface area contributed by atoms with Gasteiger partial charge in [0.2, 0.25) is 0 Å². The number of halogens is 2. The van der Waals surface area contributed by atoms with Crippen LogP contribution in [0.1, 0.15) is 39.3 Å². The van der Waals surface area contributed by atoms with E-state index in [0.717, 1.165) is 55.0 Å². The van der Waals surface area contributed by atoms with Crippen molar-refractivity contribution in [1.82, 2.24) is 14.4 Å². The van der Waals surface area contributed by atoms with Crippen molar-refractivity contribution < 1.29 is 0 Å². The summed E-state index contributed by atoms with van der Waals surface area (Å²) in [5.74, 6) is 1.17. The number of imidazole rings is 1. The molecule has 0 saturated carbocycles. The van der Waals surface area contributed by atoms with Crippen LogP contribution >= 0.6 is 23.2 Å². The predicted molar refractivity (Wildman–Crippen MR) is 111 cm³/mol. The molecule has 0 fully saturated rings. The lowest BCUT2D eigenvalue weighted by molar-refractivity contribution is 0.725. The Balaban J connectivity index is 2.23. The molecule has 0 radical (unpaired) electrons. The molecule has 0 N–H and O–H groups in total. The minimum atomic E-state index is 0.583. The number of rotatable bonds is 7. The average Bonchev–Trinajstić information content (AvgIpc) is 3.00. The fourth-order valence-electron chi connectivity index (χ4n) is 3.32. The maximum absolute atomic E-state index is 6.44. The van der Waals surface area contributed by atoms with Gasteiger partial charge in [0.25, 0.3) is 0 Å². The molecule has 0 aliphatic heterocycles. The molecule has 0 unspecified atom stereocenters. The highest BCUT2D eigenvalue weighted by Crippen LogP contribution is 2.33. The van der Waals surface area contributed by atoms with E-state index in [1.54, 1.807) is 6.07 Å². The van der Waals surface area contributed by atoms with Gasteiger partial charge < -0.3 is 4.90 Å². The van der Waals surface area contributed by atoms with E-state index in [1.807, 2.05) is 24.5 Å². The monoisotopic (exact) mass is 390 g/mol. The summed E-state index contributed by atoms with van der Waals surface area (Å²) in [5.41, 5.74) is 3.55. The quantitative estimate of drug-likeness (QED) is 0.503. The topological polar surface area (TPSA) is 33.4 Å². The average molecular weight is 391 g/mol. The van der Waals surface area contributed by atoms with Gasteiger partial charge in [-0.15, -0.1) is 0 Å². The zero-order valence-electron chi connectivity index (χ0n) is 15.5. The van der Waals surface area contributed by atoms with Crippen molar-refractivity contribution in [2.45, 2.75) is 40.0 Å². The molecule has 4 nitrogen and oxygen atoms in total. The zero-order valence-corrected chi connectivity index (χ0v) is 17.0. The Hall–Kier alpha value is -1.78. The van der Waals surface area contributed by atoms with Crippen molar-refractivity contribution in [1.29, 1.82) is 0 Å². The number of hydrogen-bond donors (Lipinski definition) is 0. The second-order valence-corrected chi connectivity index (χ2v) is 7.16. The summed E-state index contributed by atoms with van der Waals surface area (Å²) in [6, 6.07) is 5.48. The first-order valence-corrected chi connectivity index (χ1v) is 9.92. The van der Waals surface area contributed by atoms with Gasteiger partial charge in [-0.1, -0.05) is 44.0 Å². The standard InChI is InChI=1S/C20H24Cl2N4/c1-4-10-25(11-5-2)20-17(6-3)24-19-18(23-9-12-26(19)20)15-8-7-14(21)13-16(15)22/h7-9,12-13H,4-6,10-11H2,1-3H3. The third-order valence-electron chi connectivity index (χ3n) is 4.39. The summed E-state index contributed by atoms with van der Waals surface area (Å²) in [6.07, 6.45) is 6.86. The SMILES string of the molecule is CCCN(CCC)c1c(CC)nc2c(-c3ccc(Cl)cc3Cl)nccn12. The molecule has 0 saturated heterocycles. The first-order chi connectivity index (χ1) is 12.6. The maximum Gasteiger partial charge on any atom is 0.165 e. The van der Waals surface area contributed by atoms with Crippen LogP contribution in [0.25, 0.3) is 16.9 Å². The Labute approximate surface area is 164 Å². The Morgan fingerprint density at radius 2 is 1.81 bits per heavy atom. The van der Waals surface area contributed by atoms with E-state index < -0.39 is 0 Å². The molecule has 3 rings (SSSR count). The Morgan fingerprint density at radius 3 is 2.42 bits per heavy atom. The van der Waals surface area contributed by atoms with Crippen LogP contribution in [0.5, 0.6) is 0 Å². The van der Waals surface area contributed by atoms with Gasteiger partial charge >= 0.3 is 0 Å². The van der Waals surface area contributed by atoms with E-state index in [2.05, 4.69) is 35.1 Å². The molecule has 2 aromatic heterocycles. The highest BCUT2D eigenvalue weighted by Gasteiger charge is 2.20. The van der Waals surface area contributed by atoms with E-state index in [9.17, 15) is 0 Å². The minimum absolute atomic E-state index is 0.583. The van der Waals surface area contributed by atoms with Gasteiger partial charge in [0, 0.05) is 36.1 Å². The number of aryl methyl sites for hydroxylation is 1. The lowest BCUT2D eigenvalue weighted by atomic mass is 10.1. The molecular weight excluding hydrogens is 367 g/mol. The third-order valence-corrected chi connectivity index (χ3v) is 4.94. The third kappa shape index (κ3) is 3.53. The first kappa shape index (κ1) is 19.0. The summed E-state index contributed by atoms with van der Waals surface area (Å²) in [5, 5.41) is 1.20. The number of hydrogen-bond acceptors (Lipinski definition) is 3. The number of nitrogens with zero attached hydrogens (tertiary/aromatic N) is 4. The first-order valence-electron chi connectivity index (χ1n) is 9.16. The number of aromatic nitrogens is 3. The molecule has 0 aliphatic carbocycles. The molecule has 0 amide bonds. The van der Waals surface area contributed by atoms with Crippen LogP contribution in [-0.4, -0.2) is 27.5 Å². The van der Waals surface area contributed by atoms with E-state index >= 15 is 0 Å². The highest BCUT2D eigenvalue weighted by molar-refractivity contribution is 6.36. The number of fused-ring (bicyclic) bond motifs is 1. The van der Waals surface area contributed by atoms with Crippen LogP contribution in [0.3, 0.4) is 0 Å². The molecule has 1 aromatic carbocycles. The van der Waals surface area contributed by atoms with Crippen LogP contribution in [0.4, 0.5) is 5.82 Å². The zero-order chi connectivity index (χ0) is 18.7. The Kier molecular flexibility index (Phi) is 6.05. The van der Waals surface area contributed by atoms with Gasteiger partial charge in [0.05, 0.1) is 10.7 Å². The molecule has 0 bridgehead atoms. The van der Waals surface area contributed by atoms with Crippen molar-refractivity contribution in [3.05, 3.63) is 46.3 Å². The van der Waals surface area contributed by atoms with Gasteiger partial charge in [-0.2, -0.15) is 0 Å². The van der Waals surface area contributed by atoms with Crippen LogP contribution in [0, 0.1) is 0 Å². The lowest BCUT2D eigenvalue weighted by Crippen LogP contribution is -2.27. The lowest BCUT2D eigenvalue weighted by Gasteiger charge is -2.24. The second-order valence-electron chi connectivity index (χ2n) is 6.32. The molecule has 138 valence electrons. The predicted octanol–water partition coefficient (Wildman–Crippen LogP) is 5.89. The van der Waals surface area contributed by atoms with Gasteiger partial charge in [0.15, 0.2) is 5.65 Å². The second kappa shape index (κ2) is 8.28. The van der Waals surface area contributed by atoms with E-state index in [-0.39, 0.29) is 0 Å². The van der Waals surface area contributed by atoms with E-state index in [0.29, 0.717) is 10.0 Å². The van der Waals surface area contributed by atoms with E-state index in [1.165, 1.54) is 5.82 Å². The van der Waals surface area contributed by atoms with E-state index in [4.69, 9.17) is 28.2 Å². The normalized spacial score (nSPS) is 11.3. The maximum atomic E-state index is 6.44. The van der Waals surface area contributed by atoms with Crippen molar-refractivity contribution in [2.24, 2.45) is 0 Å². The molecule has 0 aliphatic rings. The number of benzene rings is 1. The largest absolute Gasteiger partial charge is 0.356 e. The molecule has 3 aromatic rings. The molecule has 26 heavy (non-hydrogen) atoms. The van der Waals surface area contributed by atoms with Crippen molar-refractivity contribution in [2.75, 3.05) is 18.0 Å². The van der Waals surface area contributed by atoms with Gasteiger partial charge in [-0.3, -0.25) is 9.38 Å². The van der Waals surface area contributed by atoms with Gasteiger partial charge in [0.1, 0.15) is 11.5 Å². The summed E-state index contributed by atoms with van der Waals surface area (Å²) < 4.78 is 2.15. The molecule has 0 atom stereocenters. The van der Waals surface area contributed by atoms with Gasteiger partial charge in [-0.05, 0) is 37.5 Å². The Bertz CT molecular complexity index is 898. The van der Waals surface area contributed by atoms with Crippen LogP contribution in [-0.2, 0) is 6.42 Å². The van der Waals surface area contributed by atoms with Gasteiger partial charge in [-0.25, -0.2) is 4.98 Å². The summed E-state index contributed by atoms with van der Waals surface area (Å²) in [4.78, 5) is 11.9. The highest BCUT2D eigenvalue weighted by atomic mass is 35.5. The summed E-state index contributed by atoms with van der Waals surface area (Å²) >= 11 is 12.5.